The van der Waals surface area contributed by atoms with Crippen LogP contribution in [-0.2, 0) is 9.59 Å². The van der Waals surface area contributed by atoms with E-state index in [1.54, 1.807) is 11.8 Å². The number of non-ortho nitro benzene ring substituents is 1. The molecule has 26 heavy (non-hydrogen) atoms. The summed E-state index contributed by atoms with van der Waals surface area (Å²) in [6.45, 7) is 2.35. The van der Waals surface area contributed by atoms with Gasteiger partial charge in [-0.05, 0) is 31.9 Å². The minimum absolute atomic E-state index is 0.0649. The van der Waals surface area contributed by atoms with Crippen molar-refractivity contribution in [1.29, 1.82) is 0 Å². The number of nitro benzene ring substituents is 1. The number of carboxylic acid groups (broad SMARTS) is 1. The van der Waals surface area contributed by atoms with Crippen molar-refractivity contribution in [3.63, 3.8) is 0 Å². The summed E-state index contributed by atoms with van der Waals surface area (Å²) in [5.41, 5.74) is 0.157. The molecule has 0 unspecified atom stereocenters. The molecule has 0 saturated carbocycles. The zero-order valence-corrected chi connectivity index (χ0v) is 14.4. The molecule has 1 fully saturated rings. The number of nitrogens with zero attached hydrogens (tertiary/aromatic N) is 2. The third-order valence-corrected chi connectivity index (χ3v) is 4.59. The summed E-state index contributed by atoms with van der Waals surface area (Å²) in [4.78, 5) is 47.2. The number of rotatable bonds is 6. The Morgan fingerprint density at radius 2 is 1.96 bits per heavy atom. The zero-order valence-electron chi connectivity index (χ0n) is 14.4. The van der Waals surface area contributed by atoms with Crippen molar-refractivity contribution in [2.75, 3.05) is 13.1 Å². The fraction of sp³-hybridized carbons (Fsp3) is 0.471. The van der Waals surface area contributed by atoms with E-state index in [1.807, 2.05) is 0 Å². The highest BCUT2D eigenvalue weighted by Crippen LogP contribution is 2.24. The van der Waals surface area contributed by atoms with Crippen molar-refractivity contribution in [3.05, 3.63) is 39.9 Å². The maximum atomic E-state index is 12.3. The molecule has 2 rings (SSSR count). The fourth-order valence-corrected chi connectivity index (χ4v) is 3.09. The molecule has 140 valence electrons. The second-order valence-electron chi connectivity index (χ2n) is 6.22. The molecule has 2 amide bonds. The Hall–Kier alpha value is -2.97. The van der Waals surface area contributed by atoms with Crippen LogP contribution in [0, 0.1) is 16.0 Å². The van der Waals surface area contributed by atoms with Crippen LogP contribution in [0.2, 0.25) is 0 Å². The molecule has 2 N–H and O–H groups in total. The quantitative estimate of drug-likeness (QED) is 0.581. The summed E-state index contributed by atoms with van der Waals surface area (Å²) in [5.74, 6) is -2.10. The minimum Gasteiger partial charge on any atom is -0.481 e. The number of carbonyl (C=O) groups excluding carboxylic acids is 2. The number of amides is 2. The molecule has 2 atom stereocenters. The highest BCUT2D eigenvalue weighted by atomic mass is 16.6. The number of hydrogen-bond acceptors (Lipinski definition) is 5. The van der Waals surface area contributed by atoms with Crippen LogP contribution >= 0.6 is 0 Å². The molecule has 9 nitrogen and oxygen atoms in total. The number of nitro groups is 1. The van der Waals surface area contributed by atoms with Crippen molar-refractivity contribution < 1.29 is 24.4 Å². The van der Waals surface area contributed by atoms with Crippen LogP contribution in [0.1, 0.15) is 36.5 Å². The van der Waals surface area contributed by atoms with Gasteiger partial charge in [-0.15, -0.1) is 0 Å². The van der Waals surface area contributed by atoms with Gasteiger partial charge in [-0.1, -0.05) is 0 Å². The van der Waals surface area contributed by atoms with E-state index in [0.29, 0.717) is 19.4 Å². The number of hydrogen-bond donors (Lipinski definition) is 2. The Balaban J connectivity index is 1.84. The SMILES string of the molecule is C[C@@H]1[C@H](C(=O)O)CCCN1C(=O)CCNC(=O)c1ccc([N+](=O)[O-])cc1. The standard InChI is InChI=1S/C17H21N3O6/c1-11-14(17(23)24)3-2-10-19(11)15(21)8-9-18-16(22)12-4-6-13(7-5-12)20(25)26/h4-7,11,14H,2-3,8-10H2,1H3,(H,18,22)(H,23,24)/t11-,14-/m1/s1. The summed E-state index contributed by atoms with van der Waals surface area (Å²) in [7, 11) is 0. The molecule has 1 aromatic carbocycles. The predicted octanol–water partition coefficient (Wildman–Crippen LogP) is 1.43. The third kappa shape index (κ3) is 4.56. The van der Waals surface area contributed by atoms with Crippen molar-refractivity contribution in [2.45, 2.75) is 32.2 Å². The van der Waals surface area contributed by atoms with Gasteiger partial charge in [-0.2, -0.15) is 0 Å². The van der Waals surface area contributed by atoms with E-state index in [9.17, 15) is 29.6 Å². The van der Waals surface area contributed by atoms with E-state index >= 15 is 0 Å². The molecule has 1 aliphatic rings. The molecule has 0 aliphatic carbocycles. The number of benzene rings is 1. The van der Waals surface area contributed by atoms with Gasteiger partial charge in [0, 0.05) is 43.2 Å². The third-order valence-electron chi connectivity index (χ3n) is 4.59. The zero-order chi connectivity index (χ0) is 19.3. The summed E-state index contributed by atoms with van der Waals surface area (Å²) >= 11 is 0. The van der Waals surface area contributed by atoms with E-state index in [-0.39, 0.29) is 36.2 Å². The second-order valence-corrected chi connectivity index (χ2v) is 6.22. The Morgan fingerprint density at radius 1 is 1.31 bits per heavy atom. The van der Waals surface area contributed by atoms with Crippen molar-refractivity contribution in [2.24, 2.45) is 5.92 Å². The van der Waals surface area contributed by atoms with Crippen LogP contribution in [0.5, 0.6) is 0 Å². The molecule has 1 saturated heterocycles. The molecule has 1 heterocycles. The first-order chi connectivity index (χ1) is 12.3. The average Bonchev–Trinajstić information content (AvgIpc) is 2.61. The van der Waals surface area contributed by atoms with E-state index in [1.165, 1.54) is 24.3 Å². The molecule has 0 radical (unpaired) electrons. The molecule has 9 heteroatoms. The van der Waals surface area contributed by atoms with Gasteiger partial charge in [0.15, 0.2) is 0 Å². The maximum Gasteiger partial charge on any atom is 0.308 e. The van der Waals surface area contributed by atoms with Gasteiger partial charge >= 0.3 is 5.97 Å². The van der Waals surface area contributed by atoms with Gasteiger partial charge in [0.25, 0.3) is 11.6 Å². The van der Waals surface area contributed by atoms with Crippen LogP contribution in [0.15, 0.2) is 24.3 Å². The first kappa shape index (κ1) is 19.4. The number of piperidine rings is 1. The topological polar surface area (TPSA) is 130 Å². The van der Waals surface area contributed by atoms with Gasteiger partial charge in [0.05, 0.1) is 10.8 Å². The fourth-order valence-electron chi connectivity index (χ4n) is 3.09. The highest BCUT2D eigenvalue weighted by molar-refractivity contribution is 5.94. The van der Waals surface area contributed by atoms with Crippen molar-refractivity contribution >= 4 is 23.5 Å². The summed E-state index contributed by atoms with van der Waals surface area (Å²) in [5, 5.41) is 22.4. The second kappa shape index (κ2) is 8.41. The Kier molecular flexibility index (Phi) is 6.26. The van der Waals surface area contributed by atoms with Crippen LogP contribution in [0.3, 0.4) is 0 Å². The van der Waals surface area contributed by atoms with Gasteiger partial charge < -0.3 is 15.3 Å². The number of aliphatic carboxylic acids is 1. The largest absolute Gasteiger partial charge is 0.481 e. The molecule has 0 bridgehead atoms. The number of nitrogens with one attached hydrogen (secondary N) is 1. The summed E-state index contributed by atoms with van der Waals surface area (Å²) < 4.78 is 0. The molecule has 0 spiro atoms. The monoisotopic (exact) mass is 363 g/mol. The van der Waals surface area contributed by atoms with Gasteiger partial charge in [0.1, 0.15) is 0 Å². The van der Waals surface area contributed by atoms with Gasteiger partial charge in [-0.25, -0.2) is 0 Å². The Morgan fingerprint density at radius 3 is 2.54 bits per heavy atom. The first-order valence-electron chi connectivity index (χ1n) is 8.36. The minimum atomic E-state index is -0.901. The van der Waals surface area contributed by atoms with Crippen molar-refractivity contribution in [1.82, 2.24) is 10.2 Å². The first-order valence-corrected chi connectivity index (χ1v) is 8.36. The molecule has 1 aliphatic heterocycles. The van der Waals surface area contributed by atoms with Crippen LogP contribution < -0.4 is 5.32 Å². The number of carboxylic acids is 1. The molecule has 0 aromatic heterocycles. The normalized spacial score (nSPS) is 19.7. The number of likely N-dealkylation sites (tertiary alicyclic amines) is 1. The summed E-state index contributed by atoms with van der Waals surface area (Å²) in [6, 6.07) is 4.79. The Bertz CT molecular complexity index is 703. The van der Waals surface area contributed by atoms with E-state index in [4.69, 9.17) is 0 Å². The lowest BCUT2D eigenvalue weighted by Crippen LogP contribution is -2.49. The lowest BCUT2D eigenvalue weighted by atomic mass is 9.90. The van der Waals surface area contributed by atoms with Crippen LogP contribution in [-0.4, -0.2) is 51.8 Å². The summed E-state index contributed by atoms with van der Waals surface area (Å²) in [6.07, 6.45) is 1.26. The van der Waals surface area contributed by atoms with Crippen LogP contribution in [0.4, 0.5) is 5.69 Å². The lowest BCUT2D eigenvalue weighted by molar-refractivity contribution is -0.384. The van der Waals surface area contributed by atoms with E-state index < -0.39 is 22.7 Å². The van der Waals surface area contributed by atoms with E-state index in [0.717, 1.165) is 0 Å². The lowest BCUT2D eigenvalue weighted by Gasteiger charge is -2.37. The predicted molar refractivity (Wildman–Crippen MR) is 91.6 cm³/mol. The smallest absolute Gasteiger partial charge is 0.308 e. The molecular formula is C17H21N3O6. The maximum absolute atomic E-state index is 12.3. The molecular weight excluding hydrogens is 342 g/mol. The number of carbonyl (C=O) groups is 3. The Labute approximate surface area is 150 Å². The van der Waals surface area contributed by atoms with Gasteiger partial charge in [0.2, 0.25) is 5.91 Å². The van der Waals surface area contributed by atoms with Crippen molar-refractivity contribution in [3.8, 4) is 0 Å². The average molecular weight is 363 g/mol. The van der Waals surface area contributed by atoms with E-state index in [2.05, 4.69) is 5.32 Å². The van der Waals surface area contributed by atoms with Gasteiger partial charge in [-0.3, -0.25) is 24.5 Å². The van der Waals surface area contributed by atoms with Crippen LogP contribution in [0.25, 0.3) is 0 Å². The highest BCUT2D eigenvalue weighted by Gasteiger charge is 2.34. The molecule has 1 aromatic rings.